The second-order valence-corrected chi connectivity index (χ2v) is 6.99. The minimum Gasteiger partial charge on any atom is -0.213 e. The third kappa shape index (κ3) is 5.14. The van der Waals surface area contributed by atoms with Crippen LogP contribution in [-0.4, -0.2) is 14.7 Å². The summed E-state index contributed by atoms with van der Waals surface area (Å²) in [6, 6.07) is 13.6. The van der Waals surface area contributed by atoms with Crippen molar-refractivity contribution in [2.75, 3.05) is 6.26 Å². The molecule has 0 saturated carbocycles. The SMILES string of the molecule is Cc1ccc(C(C#Cc2ccccc2N=[N+]=[N-])NS(C)(=O)=O)cc1. The van der Waals surface area contributed by atoms with E-state index in [0.29, 0.717) is 11.3 Å². The van der Waals surface area contributed by atoms with Crippen molar-refractivity contribution in [2.24, 2.45) is 5.11 Å². The van der Waals surface area contributed by atoms with Gasteiger partial charge in [0.05, 0.1) is 11.9 Å². The lowest BCUT2D eigenvalue weighted by Crippen LogP contribution is -2.26. The average molecular weight is 340 g/mol. The van der Waals surface area contributed by atoms with Gasteiger partial charge in [-0.05, 0) is 24.1 Å². The van der Waals surface area contributed by atoms with Crippen LogP contribution in [0.5, 0.6) is 0 Å². The number of hydrogen-bond acceptors (Lipinski definition) is 3. The van der Waals surface area contributed by atoms with Gasteiger partial charge in [-0.25, -0.2) is 8.42 Å². The molecule has 0 bridgehead atoms. The molecule has 1 N–H and O–H groups in total. The molecule has 0 heterocycles. The Bertz CT molecular complexity index is 935. The van der Waals surface area contributed by atoms with Crippen molar-refractivity contribution < 1.29 is 8.42 Å². The molecule has 122 valence electrons. The number of rotatable bonds is 4. The van der Waals surface area contributed by atoms with E-state index in [1.54, 1.807) is 24.3 Å². The maximum atomic E-state index is 11.6. The smallest absolute Gasteiger partial charge is 0.210 e. The Morgan fingerprint density at radius 2 is 1.83 bits per heavy atom. The van der Waals surface area contributed by atoms with Crippen LogP contribution in [0.2, 0.25) is 0 Å². The first kappa shape index (κ1) is 17.6. The molecule has 0 fully saturated rings. The third-order valence-corrected chi connectivity index (χ3v) is 3.81. The Morgan fingerprint density at radius 1 is 1.17 bits per heavy atom. The van der Waals surface area contributed by atoms with E-state index >= 15 is 0 Å². The number of nitrogens with zero attached hydrogens (tertiary/aromatic N) is 3. The molecule has 0 saturated heterocycles. The van der Waals surface area contributed by atoms with Gasteiger partial charge in [0.15, 0.2) is 0 Å². The highest BCUT2D eigenvalue weighted by Gasteiger charge is 2.13. The summed E-state index contributed by atoms with van der Waals surface area (Å²) >= 11 is 0. The fourth-order valence-corrected chi connectivity index (χ4v) is 2.64. The minimum atomic E-state index is -3.44. The van der Waals surface area contributed by atoms with Crippen molar-refractivity contribution in [1.82, 2.24) is 4.72 Å². The first-order valence-corrected chi connectivity index (χ1v) is 8.98. The maximum absolute atomic E-state index is 11.6. The van der Waals surface area contributed by atoms with E-state index in [-0.39, 0.29) is 0 Å². The molecule has 2 rings (SSSR count). The largest absolute Gasteiger partial charge is 0.213 e. The zero-order valence-electron chi connectivity index (χ0n) is 13.3. The van der Waals surface area contributed by atoms with E-state index in [0.717, 1.165) is 17.4 Å². The fraction of sp³-hybridized carbons (Fsp3) is 0.176. The number of hydrogen-bond donors (Lipinski definition) is 1. The Morgan fingerprint density at radius 3 is 2.46 bits per heavy atom. The first-order chi connectivity index (χ1) is 11.4. The zero-order chi connectivity index (χ0) is 17.6. The van der Waals surface area contributed by atoms with Crippen molar-refractivity contribution in [3.8, 4) is 11.8 Å². The van der Waals surface area contributed by atoms with Gasteiger partial charge in [0.25, 0.3) is 0 Å². The van der Waals surface area contributed by atoms with Gasteiger partial charge >= 0.3 is 0 Å². The molecule has 6 nitrogen and oxygen atoms in total. The average Bonchev–Trinajstić information content (AvgIpc) is 2.53. The highest BCUT2D eigenvalue weighted by molar-refractivity contribution is 7.88. The van der Waals surface area contributed by atoms with Gasteiger partial charge in [0.1, 0.15) is 6.04 Å². The van der Waals surface area contributed by atoms with Crippen LogP contribution in [0.25, 0.3) is 10.4 Å². The van der Waals surface area contributed by atoms with Gasteiger partial charge in [-0.15, -0.1) is 0 Å². The van der Waals surface area contributed by atoms with E-state index in [2.05, 4.69) is 26.6 Å². The van der Waals surface area contributed by atoms with Crippen LogP contribution in [-0.2, 0) is 10.0 Å². The molecule has 0 aliphatic rings. The number of benzene rings is 2. The second-order valence-electron chi connectivity index (χ2n) is 5.21. The van der Waals surface area contributed by atoms with Gasteiger partial charge in [-0.2, -0.15) is 4.72 Å². The molecule has 1 atom stereocenters. The van der Waals surface area contributed by atoms with Gasteiger partial charge in [0.2, 0.25) is 10.0 Å². The second kappa shape index (κ2) is 7.66. The van der Waals surface area contributed by atoms with Gasteiger partial charge in [0, 0.05) is 10.5 Å². The van der Waals surface area contributed by atoms with E-state index < -0.39 is 16.1 Å². The first-order valence-electron chi connectivity index (χ1n) is 7.08. The predicted octanol–water partition coefficient (Wildman–Crippen LogP) is 3.58. The molecule has 2 aromatic rings. The van der Waals surface area contributed by atoms with Gasteiger partial charge in [-0.1, -0.05) is 65.0 Å². The summed E-state index contributed by atoms with van der Waals surface area (Å²) < 4.78 is 25.7. The van der Waals surface area contributed by atoms with Crippen molar-refractivity contribution >= 4 is 15.7 Å². The van der Waals surface area contributed by atoms with Crippen LogP contribution in [0.15, 0.2) is 53.6 Å². The monoisotopic (exact) mass is 340 g/mol. The molecule has 0 aromatic heterocycles. The van der Waals surface area contributed by atoms with Crippen LogP contribution in [0, 0.1) is 18.8 Å². The summed E-state index contributed by atoms with van der Waals surface area (Å²) in [5.74, 6) is 5.80. The zero-order valence-corrected chi connectivity index (χ0v) is 14.1. The fourth-order valence-electron chi connectivity index (χ4n) is 2.02. The predicted molar refractivity (Wildman–Crippen MR) is 94.0 cm³/mol. The van der Waals surface area contributed by atoms with Crippen LogP contribution in [0.1, 0.15) is 22.7 Å². The molecule has 0 radical (unpaired) electrons. The molecule has 0 spiro atoms. The van der Waals surface area contributed by atoms with E-state index in [1.165, 1.54) is 0 Å². The Hall–Kier alpha value is -2.78. The molecular formula is C17H16N4O2S. The summed E-state index contributed by atoms with van der Waals surface area (Å²) in [6.45, 7) is 1.95. The molecular weight excluding hydrogens is 324 g/mol. The molecule has 0 aliphatic heterocycles. The lowest BCUT2D eigenvalue weighted by Gasteiger charge is -2.12. The lowest BCUT2D eigenvalue weighted by molar-refractivity contribution is 0.582. The summed E-state index contributed by atoms with van der Waals surface area (Å²) in [5.41, 5.74) is 11.3. The highest BCUT2D eigenvalue weighted by atomic mass is 32.2. The van der Waals surface area contributed by atoms with Crippen LogP contribution < -0.4 is 4.72 Å². The molecule has 0 aliphatic carbocycles. The van der Waals surface area contributed by atoms with Crippen LogP contribution in [0.4, 0.5) is 5.69 Å². The van der Waals surface area contributed by atoms with E-state index in [1.807, 2.05) is 31.2 Å². The Balaban J connectivity index is 2.43. The normalized spacial score (nSPS) is 11.8. The van der Waals surface area contributed by atoms with Crippen LogP contribution in [0.3, 0.4) is 0 Å². The maximum Gasteiger partial charge on any atom is 0.210 e. The lowest BCUT2D eigenvalue weighted by atomic mass is 10.1. The Kier molecular flexibility index (Phi) is 5.61. The summed E-state index contributed by atoms with van der Waals surface area (Å²) in [5, 5.41) is 3.58. The van der Waals surface area contributed by atoms with Crippen molar-refractivity contribution in [3.05, 3.63) is 75.7 Å². The van der Waals surface area contributed by atoms with E-state index in [9.17, 15) is 8.42 Å². The van der Waals surface area contributed by atoms with Crippen molar-refractivity contribution in [2.45, 2.75) is 13.0 Å². The van der Waals surface area contributed by atoms with Crippen LogP contribution >= 0.6 is 0 Å². The Labute approximate surface area is 141 Å². The standard InChI is InChI=1S/C17H16N4O2S/c1-13-7-9-15(10-8-13)17(20-24(2,22)23)12-11-14-5-3-4-6-16(14)19-21-18/h3-10,17,20H,1-2H3. The van der Waals surface area contributed by atoms with E-state index in [4.69, 9.17) is 5.53 Å². The highest BCUT2D eigenvalue weighted by Crippen LogP contribution is 2.19. The third-order valence-electron chi connectivity index (χ3n) is 3.15. The van der Waals surface area contributed by atoms with Gasteiger partial charge in [-0.3, -0.25) is 0 Å². The number of sulfonamides is 1. The molecule has 2 aromatic carbocycles. The topological polar surface area (TPSA) is 94.9 Å². The molecule has 24 heavy (non-hydrogen) atoms. The summed E-state index contributed by atoms with van der Waals surface area (Å²) in [6.07, 6.45) is 1.09. The summed E-state index contributed by atoms with van der Waals surface area (Å²) in [7, 11) is -3.44. The summed E-state index contributed by atoms with van der Waals surface area (Å²) in [4.78, 5) is 2.77. The number of azide groups is 1. The molecule has 7 heteroatoms. The molecule has 0 amide bonds. The van der Waals surface area contributed by atoms with Crippen molar-refractivity contribution in [3.63, 3.8) is 0 Å². The van der Waals surface area contributed by atoms with Crippen molar-refractivity contribution in [1.29, 1.82) is 0 Å². The quantitative estimate of drug-likeness (QED) is 0.398. The number of aryl methyl sites for hydroxylation is 1. The molecule has 1 unspecified atom stereocenters. The van der Waals surface area contributed by atoms with Gasteiger partial charge < -0.3 is 0 Å². The minimum absolute atomic E-state index is 0.398. The number of nitrogens with one attached hydrogen (secondary N) is 1.